The Morgan fingerprint density at radius 3 is 2.93 bits per heavy atom. The molecule has 15 heavy (non-hydrogen) atoms. The van der Waals surface area contributed by atoms with Crippen LogP contribution in [0.3, 0.4) is 0 Å². The zero-order valence-electron chi connectivity index (χ0n) is 8.82. The maximum Gasteiger partial charge on any atom is 0.249 e. The molecule has 4 heteroatoms. The summed E-state index contributed by atoms with van der Waals surface area (Å²) >= 11 is 0. The minimum Gasteiger partial charge on any atom is -0.306 e. The van der Waals surface area contributed by atoms with Crippen molar-refractivity contribution in [2.45, 2.75) is 20.3 Å². The fourth-order valence-corrected chi connectivity index (χ4v) is 1.44. The zero-order valence-corrected chi connectivity index (χ0v) is 8.82. The largest absolute Gasteiger partial charge is 0.306 e. The molecule has 0 aliphatic rings. The molecule has 0 fully saturated rings. The summed E-state index contributed by atoms with van der Waals surface area (Å²) in [5.74, 6) is 1.29. The van der Waals surface area contributed by atoms with Gasteiger partial charge in [-0.25, -0.2) is 9.97 Å². The van der Waals surface area contributed by atoms with Crippen LogP contribution in [0.4, 0.5) is 0 Å². The third kappa shape index (κ3) is 2.21. The summed E-state index contributed by atoms with van der Waals surface area (Å²) in [5.41, 5.74) is 0.491. The summed E-state index contributed by atoms with van der Waals surface area (Å²) in [6, 6.07) is 3.21. The van der Waals surface area contributed by atoms with Crippen LogP contribution in [-0.4, -0.2) is 15.0 Å². The third-order valence-corrected chi connectivity index (χ3v) is 2.11. The number of pyridine rings is 1. The van der Waals surface area contributed by atoms with Crippen molar-refractivity contribution in [2.24, 2.45) is 5.92 Å². The van der Waals surface area contributed by atoms with Gasteiger partial charge in [0, 0.05) is 24.1 Å². The lowest BCUT2D eigenvalue weighted by Crippen LogP contribution is -2.07. The summed E-state index contributed by atoms with van der Waals surface area (Å²) < 4.78 is 0. The standard InChI is InChI=1S/C11H13N3O/c1-7(2)5-9-12-6-8-3-4-10(15)14-11(8)13-9/h3-4,6-7H,5H2,1-2H3,(H,12,13,14,15). The number of H-pyrrole nitrogens is 1. The van der Waals surface area contributed by atoms with Crippen molar-refractivity contribution in [2.75, 3.05) is 0 Å². The van der Waals surface area contributed by atoms with Crippen LogP contribution in [-0.2, 0) is 6.42 Å². The van der Waals surface area contributed by atoms with Gasteiger partial charge in [-0.2, -0.15) is 0 Å². The molecule has 1 N–H and O–H groups in total. The Bertz CT molecular complexity index is 531. The number of aromatic amines is 1. The van der Waals surface area contributed by atoms with Gasteiger partial charge in [-0.3, -0.25) is 4.79 Å². The van der Waals surface area contributed by atoms with Crippen LogP contribution in [0.25, 0.3) is 11.0 Å². The SMILES string of the molecule is CC(C)Cc1ncc2ccc(=O)[nH]c2n1. The topological polar surface area (TPSA) is 58.6 Å². The maximum atomic E-state index is 11.1. The molecule has 0 saturated heterocycles. The Balaban J connectivity index is 2.49. The van der Waals surface area contributed by atoms with E-state index in [0.29, 0.717) is 11.6 Å². The van der Waals surface area contributed by atoms with Crippen LogP contribution in [0.2, 0.25) is 0 Å². The highest BCUT2D eigenvalue weighted by Crippen LogP contribution is 2.07. The van der Waals surface area contributed by atoms with Gasteiger partial charge in [0.1, 0.15) is 11.5 Å². The van der Waals surface area contributed by atoms with E-state index in [9.17, 15) is 4.79 Å². The summed E-state index contributed by atoms with van der Waals surface area (Å²) in [4.78, 5) is 22.4. The van der Waals surface area contributed by atoms with Crippen molar-refractivity contribution in [3.05, 3.63) is 34.5 Å². The molecule has 0 radical (unpaired) electrons. The summed E-state index contributed by atoms with van der Waals surface area (Å²) in [7, 11) is 0. The van der Waals surface area contributed by atoms with Gasteiger partial charge < -0.3 is 4.98 Å². The van der Waals surface area contributed by atoms with Gasteiger partial charge in [-0.1, -0.05) is 13.8 Å². The van der Waals surface area contributed by atoms with E-state index in [2.05, 4.69) is 28.8 Å². The summed E-state index contributed by atoms with van der Waals surface area (Å²) in [6.45, 7) is 4.22. The number of hydrogen-bond donors (Lipinski definition) is 1. The first-order chi connectivity index (χ1) is 7.15. The fourth-order valence-electron chi connectivity index (χ4n) is 1.44. The molecule has 78 valence electrons. The first-order valence-corrected chi connectivity index (χ1v) is 5.00. The molecule has 2 heterocycles. The molecule has 0 atom stereocenters. The molecular weight excluding hydrogens is 190 g/mol. The van der Waals surface area contributed by atoms with E-state index in [-0.39, 0.29) is 5.56 Å². The molecule has 2 aromatic heterocycles. The highest BCUT2D eigenvalue weighted by atomic mass is 16.1. The van der Waals surface area contributed by atoms with Crippen LogP contribution >= 0.6 is 0 Å². The van der Waals surface area contributed by atoms with Gasteiger partial charge in [0.25, 0.3) is 0 Å². The first kappa shape index (κ1) is 9.83. The smallest absolute Gasteiger partial charge is 0.249 e. The second-order valence-corrected chi connectivity index (χ2v) is 4.01. The van der Waals surface area contributed by atoms with E-state index < -0.39 is 0 Å². The van der Waals surface area contributed by atoms with Gasteiger partial charge in [-0.05, 0) is 12.0 Å². The molecule has 0 aromatic carbocycles. The Labute approximate surface area is 87.4 Å². The quantitative estimate of drug-likeness (QED) is 0.805. The van der Waals surface area contributed by atoms with Crippen molar-refractivity contribution in [1.82, 2.24) is 15.0 Å². The number of nitrogens with one attached hydrogen (secondary N) is 1. The second-order valence-electron chi connectivity index (χ2n) is 4.01. The number of aromatic nitrogens is 3. The number of hydrogen-bond acceptors (Lipinski definition) is 3. The van der Waals surface area contributed by atoms with Crippen molar-refractivity contribution in [3.63, 3.8) is 0 Å². The van der Waals surface area contributed by atoms with E-state index in [1.807, 2.05) is 0 Å². The van der Waals surface area contributed by atoms with Gasteiger partial charge in [0.2, 0.25) is 5.56 Å². The molecule has 0 aliphatic heterocycles. The average molecular weight is 203 g/mol. The molecule has 0 aliphatic carbocycles. The minimum atomic E-state index is -0.128. The number of rotatable bonds is 2. The van der Waals surface area contributed by atoms with Gasteiger partial charge >= 0.3 is 0 Å². The van der Waals surface area contributed by atoms with Crippen molar-refractivity contribution in [3.8, 4) is 0 Å². The van der Waals surface area contributed by atoms with Gasteiger partial charge in [0.05, 0.1) is 0 Å². The third-order valence-electron chi connectivity index (χ3n) is 2.11. The highest BCUT2D eigenvalue weighted by molar-refractivity contribution is 5.72. The predicted octanol–water partition coefficient (Wildman–Crippen LogP) is 1.52. The van der Waals surface area contributed by atoms with E-state index >= 15 is 0 Å². The van der Waals surface area contributed by atoms with Crippen molar-refractivity contribution < 1.29 is 0 Å². The Morgan fingerprint density at radius 2 is 2.20 bits per heavy atom. The molecule has 0 saturated carbocycles. The van der Waals surface area contributed by atoms with E-state index in [1.165, 1.54) is 6.07 Å². The highest BCUT2D eigenvalue weighted by Gasteiger charge is 2.02. The second kappa shape index (κ2) is 3.81. The number of nitrogens with zero attached hydrogens (tertiary/aromatic N) is 2. The molecule has 4 nitrogen and oxygen atoms in total. The Kier molecular flexibility index (Phi) is 2.49. The van der Waals surface area contributed by atoms with E-state index in [1.54, 1.807) is 12.3 Å². The van der Waals surface area contributed by atoms with Gasteiger partial charge in [-0.15, -0.1) is 0 Å². The molecule has 0 unspecified atom stereocenters. The molecule has 0 bridgehead atoms. The van der Waals surface area contributed by atoms with Crippen LogP contribution in [0, 0.1) is 5.92 Å². The van der Waals surface area contributed by atoms with Crippen LogP contribution in [0.15, 0.2) is 23.1 Å². The number of fused-ring (bicyclic) bond motifs is 1. The fraction of sp³-hybridized carbons (Fsp3) is 0.364. The summed E-state index contributed by atoms with van der Waals surface area (Å²) in [6.07, 6.45) is 2.57. The van der Waals surface area contributed by atoms with Crippen LogP contribution < -0.4 is 5.56 Å². The average Bonchev–Trinajstić information content (AvgIpc) is 2.16. The lowest BCUT2D eigenvalue weighted by atomic mass is 10.1. The van der Waals surface area contributed by atoms with Crippen molar-refractivity contribution >= 4 is 11.0 Å². The first-order valence-electron chi connectivity index (χ1n) is 5.00. The normalized spacial score (nSPS) is 11.1. The Hall–Kier alpha value is -1.71. The lowest BCUT2D eigenvalue weighted by Gasteiger charge is -2.03. The zero-order chi connectivity index (χ0) is 10.8. The Morgan fingerprint density at radius 1 is 1.40 bits per heavy atom. The van der Waals surface area contributed by atoms with Crippen LogP contribution in [0.1, 0.15) is 19.7 Å². The molecular formula is C11H13N3O. The van der Waals surface area contributed by atoms with Crippen molar-refractivity contribution in [1.29, 1.82) is 0 Å². The molecule has 2 rings (SSSR count). The van der Waals surface area contributed by atoms with Crippen LogP contribution in [0.5, 0.6) is 0 Å². The van der Waals surface area contributed by atoms with E-state index in [4.69, 9.17) is 0 Å². The molecule has 0 amide bonds. The maximum absolute atomic E-state index is 11.1. The monoisotopic (exact) mass is 203 g/mol. The molecule has 2 aromatic rings. The van der Waals surface area contributed by atoms with E-state index in [0.717, 1.165) is 17.6 Å². The minimum absolute atomic E-state index is 0.128. The predicted molar refractivity (Wildman–Crippen MR) is 58.7 cm³/mol. The lowest BCUT2D eigenvalue weighted by molar-refractivity contribution is 0.622. The van der Waals surface area contributed by atoms with Gasteiger partial charge in [0.15, 0.2) is 0 Å². The molecule has 0 spiro atoms. The summed E-state index contributed by atoms with van der Waals surface area (Å²) in [5, 5.41) is 0.863.